The van der Waals surface area contributed by atoms with E-state index in [0.29, 0.717) is 0 Å². The molecule has 1 aliphatic heterocycles. The molecular weight excluding hydrogens is 314 g/mol. The van der Waals surface area contributed by atoms with Gasteiger partial charge in [-0.3, -0.25) is 9.80 Å². The fourth-order valence-electron chi connectivity index (χ4n) is 3.74. The van der Waals surface area contributed by atoms with Crippen LogP contribution >= 0.6 is 0 Å². The van der Waals surface area contributed by atoms with E-state index >= 15 is 0 Å². The van der Waals surface area contributed by atoms with Gasteiger partial charge in [0, 0.05) is 32.4 Å². The number of aromatic nitrogens is 3. The van der Waals surface area contributed by atoms with Gasteiger partial charge in [-0.2, -0.15) is 0 Å². The lowest BCUT2D eigenvalue weighted by Gasteiger charge is -2.43. The molecule has 6 nitrogen and oxygen atoms in total. The van der Waals surface area contributed by atoms with Crippen LogP contribution < -0.4 is 0 Å². The van der Waals surface area contributed by atoms with E-state index < -0.39 is 0 Å². The Labute approximate surface area is 148 Å². The van der Waals surface area contributed by atoms with Gasteiger partial charge < -0.3 is 8.82 Å². The normalized spacial score (nSPS) is 17.4. The van der Waals surface area contributed by atoms with E-state index in [1.54, 1.807) is 12.5 Å². The maximum atomic E-state index is 5.37. The lowest BCUT2D eigenvalue weighted by molar-refractivity contribution is 0.0394. The van der Waals surface area contributed by atoms with Crippen LogP contribution in [0.15, 0.2) is 41.4 Å². The van der Waals surface area contributed by atoms with Crippen molar-refractivity contribution in [1.82, 2.24) is 24.2 Å². The van der Waals surface area contributed by atoms with Crippen molar-refractivity contribution in [3.8, 4) is 0 Å². The van der Waals surface area contributed by atoms with E-state index in [1.807, 2.05) is 6.20 Å². The van der Waals surface area contributed by atoms with Crippen LogP contribution in [0.5, 0.6) is 0 Å². The number of hydrogen-bond acceptors (Lipinski definition) is 5. The Bertz CT molecular complexity index is 844. The first-order chi connectivity index (χ1) is 12.1. The zero-order chi connectivity index (χ0) is 17.4. The number of aryl methyl sites for hydroxylation is 1. The first-order valence-corrected chi connectivity index (χ1v) is 8.84. The highest BCUT2D eigenvalue weighted by atomic mass is 16.3. The summed E-state index contributed by atoms with van der Waals surface area (Å²) in [5.41, 5.74) is 2.33. The zero-order valence-corrected chi connectivity index (χ0v) is 15.1. The topological polar surface area (TPSA) is 49.8 Å². The molecule has 132 valence electrons. The molecule has 0 spiro atoms. The lowest BCUT2D eigenvalue weighted by Crippen LogP contribution is -2.53. The molecule has 0 aliphatic carbocycles. The van der Waals surface area contributed by atoms with E-state index in [0.717, 1.165) is 44.4 Å². The van der Waals surface area contributed by atoms with Gasteiger partial charge in [0.05, 0.1) is 30.0 Å². The number of nitrogens with zero attached hydrogens (tertiary/aromatic N) is 5. The van der Waals surface area contributed by atoms with Gasteiger partial charge >= 0.3 is 0 Å². The van der Waals surface area contributed by atoms with Crippen LogP contribution in [0.4, 0.5) is 0 Å². The van der Waals surface area contributed by atoms with Gasteiger partial charge in [-0.05, 0) is 32.4 Å². The van der Waals surface area contributed by atoms with Crippen molar-refractivity contribution in [2.24, 2.45) is 0 Å². The third kappa shape index (κ3) is 2.96. The molecule has 1 fully saturated rings. The second-order valence-corrected chi connectivity index (χ2v) is 7.28. The van der Waals surface area contributed by atoms with Crippen LogP contribution in [0.1, 0.15) is 31.1 Å². The van der Waals surface area contributed by atoms with E-state index in [-0.39, 0.29) is 5.54 Å². The number of oxazole rings is 1. The standard InChI is InChI=1S/C19H25N5O/c1-15-5-4-7-24-16(15)13-21-18(24)19(2,3)23-10-8-22(9-11-23)14-17-20-6-12-25-17/h4-7,12-13H,8-11,14H2,1-3H3. The molecule has 0 atom stereocenters. The Balaban J connectivity index is 1.50. The molecule has 0 amide bonds. The molecule has 0 aromatic carbocycles. The SMILES string of the molecule is Cc1cccn2c(C(C)(C)N3CCN(Cc4ncco4)CC3)ncc12. The summed E-state index contributed by atoms with van der Waals surface area (Å²) in [6.07, 6.45) is 7.46. The molecule has 0 N–H and O–H groups in total. The maximum Gasteiger partial charge on any atom is 0.208 e. The Hall–Kier alpha value is -2.18. The van der Waals surface area contributed by atoms with Gasteiger partial charge in [0.1, 0.15) is 12.1 Å². The molecule has 0 saturated carbocycles. The van der Waals surface area contributed by atoms with Gasteiger partial charge in [-0.15, -0.1) is 0 Å². The summed E-state index contributed by atoms with van der Waals surface area (Å²) in [7, 11) is 0. The van der Waals surface area contributed by atoms with Gasteiger partial charge in [-0.1, -0.05) is 6.07 Å². The number of pyridine rings is 1. The van der Waals surface area contributed by atoms with Crippen LogP contribution in [0.25, 0.3) is 5.52 Å². The average Bonchev–Trinajstić information content (AvgIpc) is 3.25. The van der Waals surface area contributed by atoms with Crippen LogP contribution in [0.2, 0.25) is 0 Å². The molecule has 25 heavy (non-hydrogen) atoms. The molecule has 1 saturated heterocycles. The van der Waals surface area contributed by atoms with Crippen LogP contribution in [-0.4, -0.2) is 50.3 Å². The van der Waals surface area contributed by atoms with Crippen molar-refractivity contribution in [2.45, 2.75) is 32.9 Å². The Morgan fingerprint density at radius 3 is 2.68 bits per heavy atom. The van der Waals surface area contributed by atoms with Crippen molar-refractivity contribution in [3.63, 3.8) is 0 Å². The Morgan fingerprint density at radius 1 is 1.16 bits per heavy atom. The second kappa shape index (κ2) is 6.28. The van der Waals surface area contributed by atoms with Crippen LogP contribution in [0.3, 0.4) is 0 Å². The summed E-state index contributed by atoms with van der Waals surface area (Å²) in [5, 5.41) is 0. The first kappa shape index (κ1) is 16.3. The van der Waals surface area contributed by atoms with Gasteiger partial charge in [0.2, 0.25) is 5.89 Å². The molecule has 0 unspecified atom stereocenters. The number of piperazine rings is 1. The molecule has 3 aromatic rings. The highest BCUT2D eigenvalue weighted by molar-refractivity contribution is 5.53. The fourth-order valence-corrected chi connectivity index (χ4v) is 3.74. The van der Waals surface area contributed by atoms with Gasteiger partial charge in [0.25, 0.3) is 0 Å². The summed E-state index contributed by atoms with van der Waals surface area (Å²) in [4.78, 5) is 13.9. The maximum absolute atomic E-state index is 5.37. The van der Waals surface area contributed by atoms with E-state index in [9.17, 15) is 0 Å². The van der Waals surface area contributed by atoms with E-state index in [1.165, 1.54) is 11.1 Å². The van der Waals surface area contributed by atoms with Crippen LogP contribution in [-0.2, 0) is 12.1 Å². The number of hydrogen-bond donors (Lipinski definition) is 0. The second-order valence-electron chi connectivity index (χ2n) is 7.28. The molecule has 0 bridgehead atoms. The van der Waals surface area contributed by atoms with Crippen molar-refractivity contribution in [1.29, 1.82) is 0 Å². The monoisotopic (exact) mass is 339 g/mol. The summed E-state index contributed by atoms with van der Waals surface area (Å²) < 4.78 is 7.60. The van der Waals surface area contributed by atoms with Crippen molar-refractivity contribution in [2.75, 3.05) is 26.2 Å². The summed E-state index contributed by atoms with van der Waals surface area (Å²) >= 11 is 0. The molecule has 1 aliphatic rings. The molecule has 4 heterocycles. The summed E-state index contributed by atoms with van der Waals surface area (Å²) in [6.45, 7) is 11.5. The third-order valence-electron chi connectivity index (χ3n) is 5.33. The van der Waals surface area contributed by atoms with Gasteiger partial charge in [0.15, 0.2) is 0 Å². The number of fused-ring (bicyclic) bond motifs is 1. The van der Waals surface area contributed by atoms with E-state index in [4.69, 9.17) is 9.40 Å². The molecule has 0 radical (unpaired) electrons. The summed E-state index contributed by atoms with van der Waals surface area (Å²) in [6, 6.07) is 4.23. The predicted molar refractivity (Wildman–Crippen MR) is 96.3 cm³/mol. The minimum Gasteiger partial charge on any atom is -0.448 e. The number of imidazole rings is 1. The molecule has 4 rings (SSSR count). The Kier molecular flexibility index (Phi) is 4.09. The van der Waals surface area contributed by atoms with Crippen molar-refractivity contribution >= 4 is 5.52 Å². The van der Waals surface area contributed by atoms with E-state index in [2.05, 4.69) is 58.3 Å². The predicted octanol–water partition coefficient (Wildman–Crippen LogP) is 2.68. The molecule has 6 heteroatoms. The smallest absolute Gasteiger partial charge is 0.208 e. The summed E-state index contributed by atoms with van der Waals surface area (Å²) in [5.74, 6) is 1.90. The minimum absolute atomic E-state index is 0.116. The molecular formula is C19H25N5O. The molecule has 3 aromatic heterocycles. The van der Waals surface area contributed by atoms with Crippen molar-refractivity contribution in [3.05, 3.63) is 54.3 Å². The van der Waals surface area contributed by atoms with Crippen molar-refractivity contribution < 1.29 is 4.42 Å². The number of rotatable bonds is 4. The highest BCUT2D eigenvalue weighted by Gasteiger charge is 2.35. The first-order valence-electron chi connectivity index (χ1n) is 8.84. The quantitative estimate of drug-likeness (QED) is 0.731. The fraction of sp³-hybridized carbons (Fsp3) is 0.474. The van der Waals surface area contributed by atoms with Crippen LogP contribution in [0, 0.1) is 6.92 Å². The lowest BCUT2D eigenvalue weighted by atomic mass is 10.00. The highest BCUT2D eigenvalue weighted by Crippen LogP contribution is 2.29. The zero-order valence-electron chi connectivity index (χ0n) is 15.1. The van der Waals surface area contributed by atoms with Gasteiger partial charge in [-0.25, -0.2) is 9.97 Å². The average molecular weight is 339 g/mol. The minimum atomic E-state index is -0.116. The third-order valence-corrected chi connectivity index (χ3v) is 5.33. The Morgan fingerprint density at radius 2 is 1.96 bits per heavy atom. The largest absolute Gasteiger partial charge is 0.448 e.